The van der Waals surface area contributed by atoms with Crippen LogP contribution in [0, 0.1) is 5.82 Å². The van der Waals surface area contributed by atoms with E-state index in [1.165, 1.54) is 6.07 Å². The number of hydrogen-bond acceptors (Lipinski definition) is 3. The number of benzene rings is 2. The molecule has 3 rings (SSSR count). The van der Waals surface area contributed by atoms with Gasteiger partial charge < -0.3 is 14.2 Å². The Morgan fingerprint density at radius 3 is 2.48 bits per heavy atom. The van der Waals surface area contributed by atoms with Crippen molar-refractivity contribution >= 4 is 11.6 Å². The summed E-state index contributed by atoms with van der Waals surface area (Å²) in [6, 6.07) is 11.9. The molecule has 1 heterocycles. The lowest BCUT2D eigenvalue weighted by atomic mass is 10.2. The summed E-state index contributed by atoms with van der Waals surface area (Å²) in [6.07, 6.45) is -0.305. The largest absolute Gasteiger partial charge is 0.489 e. The van der Waals surface area contributed by atoms with Gasteiger partial charge in [-0.1, -0.05) is 29.8 Å². The van der Waals surface area contributed by atoms with Crippen molar-refractivity contribution in [1.82, 2.24) is 0 Å². The first-order valence-corrected chi connectivity index (χ1v) is 7.01. The van der Waals surface area contributed by atoms with Crippen LogP contribution in [-0.4, -0.2) is 13.2 Å². The zero-order valence-electron chi connectivity index (χ0n) is 11.2. The van der Waals surface area contributed by atoms with Crippen molar-refractivity contribution in [2.24, 2.45) is 0 Å². The third kappa shape index (κ3) is 3.35. The van der Waals surface area contributed by atoms with Crippen molar-refractivity contribution in [1.29, 1.82) is 0 Å². The number of ether oxygens (including phenoxy) is 3. The van der Waals surface area contributed by atoms with Crippen LogP contribution in [0.25, 0.3) is 0 Å². The summed E-state index contributed by atoms with van der Waals surface area (Å²) in [5.74, 6) is 0.267. The fourth-order valence-corrected chi connectivity index (χ4v) is 2.32. The zero-order chi connectivity index (χ0) is 14.7. The Labute approximate surface area is 127 Å². The van der Waals surface area contributed by atoms with Crippen molar-refractivity contribution in [2.45, 2.75) is 12.9 Å². The molecule has 1 aliphatic rings. The zero-order valence-corrected chi connectivity index (χ0v) is 12.0. The van der Waals surface area contributed by atoms with E-state index in [1.807, 2.05) is 12.1 Å². The minimum Gasteiger partial charge on any atom is -0.489 e. The molecule has 2 aromatic carbocycles. The molecule has 0 N–H and O–H groups in total. The predicted octanol–water partition coefficient (Wildman–Crippen LogP) is 4.10. The van der Waals surface area contributed by atoms with E-state index < -0.39 is 0 Å². The monoisotopic (exact) mass is 308 g/mol. The summed E-state index contributed by atoms with van der Waals surface area (Å²) in [4.78, 5) is 0. The third-order valence-corrected chi connectivity index (χ3v) is 3.57. The van der Waals surface area contributed by atoms with E-state index in [1.54, 1.807) is 24.3 Å². The maximum atomic E-state index is 13.6. The van der Waals surface area contributed by atoms with Gasteiger partial charge in [-0.25, -0.2) is 4.39 Å². The van der Waals surface area contributed by atoms with E-state index in [4.69, 9.17) is 25.8 Å². The van der Waals surface area contributed by atoms with Crippen LogP contribution in [0.3, 0.4) is 0 Å². The van der Waals surface area contributed by atoms with Crippen molar-refractivity contribution in [3.05, 3.63) is 64.4 Å². The highest BCUT2D eigenvalue weighted by Gasteiger charge is 2.17. The maximum absolute atomic E-state index is 13.6. The summed E-state index contributed by atoms with van der Waals surface area (Å²) in [5, 5.41) is 0.361. The van der Waals surface area contributed by atoms with E-state index in [0.717, 1.165) is 5.56 Å². The quantitative estimate of drug-likeness (QED) is 0.851. The highest BCUT2D eigenvalue weighted by molar-refractivity contribution is 6.31. The number of halogens is 2. The molecule has 0 atom stereocenters. The Kier molecular flexibility index (Phi) is 4.39. The Hall–Kier alpha value is -1.62. The van der Waals surface area contributed by atoms with Crippen molar-refractivity contribution < 1.29 is 18.6 Å². The molecule has 0 aromatic heterocycles. The first kappa shape index (κ1) is 14.3. The average Bonchev–Trinajstić information content (AvgIpc) is 3.02. The smallest absolute Gasteiger partial charge is 0.184 e. The lowest BCUT2D eigenvalue weighted by molar-refractivity contribution is -0.0441. The summed E-state index contributed by atoms with van der Waals surface area (Å²) in [6.45, 7) is 1.30. The molecule has 21 heavy (non-hydrogen) atoms. The molecule has 0 aliphatic carbocycles. The Morgan fingerprint density at radius 2 is 1.81 bits per heavy atom. The van der Waals surface area contributed by atoms with Crippen LogP contribution in [0.15, 0.2) is 42.5 Å². The fraction of sp³-hybridized carbons (Fsp3) is 0.250. The van der Waals surface area contributed by atoms with Gasteiger partial charge in [0.25, 0.3) is 0 Å². The molecule has 2 aromatic rings. The lowest BCUT2D eigenvalue weighted by Crippen LogP contribution is -2.01. The summed E-state index contributed by atoms with van der Waals surface area (Å²) >= 11 is 5.95. The molecule has 3 nitrogen and oxygen atoms in total. The maximum Gasteiger partial charge on any atom is 0.184 e. The first-order chi connectivity index (χ1) is 10.2. The molecule has 0 unspecified atom stereocenters. The predicted molar refractivity (Wildman–Crippen MR) is 76.8 cm³/mol. The van der Waals surface area contributed by atoms with Gasteiger partial charge >= 0.3 is 0 Å². The van der Waals surface area contributed by atoms with E-state index in [0.29, 0.717) is 29.5 Å². The van der Waals surface area contributed by atoms with Gasteiger partial charge in [-0.15, -0.1) is 0 Å². The van der Waals surface area contributed by atoms with Crippen molar-refractivity contribution in [3.63, 3.8) is 0 Å². The van der Waals surface area contributed by atoms with Crippen LogP contribution in [0.5, 0.6) is 5.75 Å². The molecule has 5 heteroatoms. The van der Waals surface area contributed by atoms with Crippen LogP contribution >= 0.6 is 11.6 Å². The molecule has 0 radical (unpaired) electrons. The van der Waals surface area contributed by atoms with Crippen molar-refractivity contribution in [2.75, 3.05) is 13.2 Å². The fourth-order valence-electron chi connectivity index (χ4n) is 2.10. The van der Waals surface area contributed by atoms with E-state index in [2.05, 4.69) is 0 Å². The first-order valence-electron chi connectivity index (χ1n) is 6.63. The topological polar surface area (TPSA) is 27.7 Å². The molecule has 0 amide bonds. The molecule has 1 fully saturated rings. The van der Waals surface area contributed by atoms with Crippen LogP contribution in [0.1, 0.15) is 17.4 Å². The molecular formula is C16H14ClFO3. The Bertz CT molecular complexity index is 589. The minimum atomic E-state index is -0.369. The Balaban J connectivity index is 1.65. The molecule has 0 saturated carbocycles. The second kappa shape index (κ2) is 6.43. The minimum absolute atomic E-state index is 0.0846. The standard InChI is InChI=1S/C16H14ClFO3/c17-14-2-1-3-15(18)13(14)10-21-12-6-4-11(5-7-12)16-19-8-9-20-16/h1-7,16H,8-10H2. The highest BCUT2D eigenvalue weighted by atomic mass is 35.5. The van der Waals surface area contributed by atoms with E-state index in [9.17, 15) is 4.39 Å². The second-order valence-corrected chi connectivity index (χ2v) is 5.04. The Morgan fingerprint density at radius 1 is 1.10 bits per heavy atom. The molecule has 110 valence electrons. The molecule has 0 spiro atoms. The summed E-state index contributed by atoms with van der Waals surface area (Å²) in [7, 11) is 0. The van der Waals surface area contributed by atoms with Crippen LogP contribution in [0.2, 0.25) is 5.02 Å². The second-order valence-electron chi connectivity index (χ2n) is 4.63. The van der Waals surface area contributed by atoms with Gasteiger partial charge in [0, 0.05) is 11.1 Å². The van der Waals surface area contributed by atoms with E-state index in [-0.39, 0.29) is 18.7 Å². The number of hydrogen-bond donors (Lipinski definition) is 0. The normalized spacial score (nSPS) is 15.3. The molecule has 0 bridgehead atoms. The van der Waals surface area contributed by atoms with Crippen LogP contribution < -0.4 is 4.74 Å². The molecular weight excluding hydrogens is 295 g/mol. The summed E-state index contributed by atoms with van der Waals surface area (Å²) < 4.78 is 30.0. The van der Waals surface area contributed by atoms with Gasteiger partial charge in [-0.2, -0.15) is 0 Å². The lowest BCUT2D eigenvalue weighted by Gasteiger charge is -2.11. The van der Waals surface area contributed by atoms with Crippen LogP contribution in [0.4, 0.5) is 4.39 Å². The van der Waals surface area contributed by atoms with Crippen molar-refractivity contribution in [3.8, 4) is 5.75 Å². The highest BCUT2D eigenvalue weighted by Crippen LogP contribution is 2.26. The van der Waals surface area contributed by atoms with Gasteiger partial charge in [0.05, 0.1) is 18.2 Å². The van der Waals surface area contributed by atoms with Crippen LogP contribution in [-0.2, 0) is 16.1 Å². The SMILES string of the molecule is Fc1cccc(Cl)c1COc1ccc(C2OCCO2)cc1. The summed E-state index contributed by atoms with van der Waals surface area (Å²) in [5.41, 5.74) is 1.29. The van der Waals surface area contributed by atoms with E-state index >= 15 is 0 Å². The van der Waals surface area contributed by atoms with Gasteiger partial charge in [0.2, 0.25) is 0 Å². The van der Waals surface area contributed by atoms with Gasteiger partial charge in [-0.05, 0) is 24.3 Å². The average molecular weight is 309 g/mol. The molecule has 1 aliphatic heterocycles. The number of rotatable bonds is 4. The van der Waals surface area contributed by atoms with Gasteiger partial charge in [-0.3, -0.25) is 0 Å². The third-order valence-electron chi connectivity index (χ3n) is 3.22. The van der Waals surface area contributed by atoms with Gasteiger partial charge in [0.1, 0.15) is 18.2 Å². The molecule has 1 saturated heterocycles. The van der Waals surface area contributed by atoms with Gasteiger partial charge in [0.15, 0.2) is 6.29 Å².